The van der Waals surface area contributed by atoms with Gasteiger partial charge in [-0.25, -0.2) is 4.98 Å². The molecule has 17 heavy (non-hydrogen) atoms. The van der Waals surface area contributed by atoms with Crippen LogP contribution in [0.3, 0.4) is 0 Å². The molecule has 0 aliphatic carbocycles. The molecule has 0 radical (unpaired) electrons. The van der Waals surface area contributed by atoms with Crippen LogP contribution in [-0.4, -0.2) is 22.1 Å². The molecule has 0 amide bonds. The van der Waals surface area contributed by atoms with E-state index >= 15 is 0 Å². The van der Waals surface area contributed by atoms with Crippen molar-refractivity contribution in [2.75, 3.05) is 12.3 Å². The molecule has 1 fully saturated rings. The Morgan fingerprint density at radius 3 is 3.18 bits per heavy atom. The van der Waals surface area contributed by atoms with E-state index in [-0.39, 0.29) is 0 Å². The van der Waals surface area contributed by atoms with E-state index in [1.54, 1.807) is 0 Å². The van der Waals surface area contributed by atoms with Crippen LogP contribution in [-0.2, 0) is 11.2 Å². The molecule has 0 spiro atoms. The first kappa shape index (κ1) is 10.6. The summed E-state index contributed by atoms with van der Waals surface area (Å²) in [4.78, 5) is 4.45. The Hall–Kier alpha value is -1.55. The van der Waals surface area contributed by atoms with Gasteiger partial charge in [0.1, 0.15) is 11.6 Å². The van der Waals surface area contributed by atoms with Crippen LogP contribution < -0.4 is 5.73 Å². The first-order chi connectivity index (χ1) is 8.34. The number of nitrogens with two attached hydrogens (primary N) is 1. The van der Waals surface area contributed by atoms with E-state index in [2.05, 4.69) is 4.98 Å². The number of aromatic nitrogens is 2. The summed E-state index contributed by atoms with van der Waals surface area (Å²) in [6.07, 6.45) is 6.58. The molecule has 1 unspecified atom stereocenters. The van der Waals surface area contributed by atoms with Crippen molar-refractivity contribution in [3.8, 4) is 0 Å². The van der Waals surface area contributed by atoms with Crippen LogP contribution in [0.1, 0.15) is 25.1 Å². The lowest BCUT2D eigenvalue weighted by molar-refractivity contribution is 0.0156. The quantitative estimate of drug-likeness (QED) is 0.860. The van der Waals surface area contributed by atoms with Crippen LogP contribution in [0.4, 0.5) is 5.82 Å². The molecule has 4 heteroatoms. The second-order valence-corrected chi connectivity index (χ2v) is 4.58. The normalized spacial score (nSPS) is 20.8. The maximum Gasteiger partial charge on any atom is 0.117 e. The van der Waals surface area contributed by atoms with E-state index in [1.807, 2.05) is 28.8 Å². The Kier molecular flexibility index (Phi) is 2.73. The van der Waals surface area contributed by atoms with E-state index in [4.69, 9.17) is 10.5 Å². The molecule has 1 aliphatic heterocycles. The Labute approximate surface area is 100 Å². The molecular weight excluding hydrogens is 214 g/mol. The van der Waals surface area contributed by atoms with Gasteiger partial charge in [-0.05, 0) is 31.4 Å². The van der Waals surface area contributed by atoms with Crippen molar-refractivity contribution in [2.24, 2.45) is 0 Å². The smallest absolute Gasteiger partial charge is 0.117 e. The number of rotatable bonds is 2. The minimum Gasteiger partial charge on any atom is -0.385 e. The highest BCUT2D eigenvalue weighted by Gasteiger charge is 2.17. The van der Waals surface area contributed by atoms with Crippen molar-refractivity contribution in [1.29, 1.82) is 0 Å². The lowest BCUT2D eigenvalue weighted by Gasteiger charge is -2.22. The lowest BCUT2D eigenvalue weighted by Crippen LogP contribution is -2.22. The predicted octanol–water partition coefficient (Wildman–Crippen LogP) is 2.03. The Morgan fingerprint density at radius 2 is 2.35 bits per heavy atom. The van der Waals surface area contributed by atoms with Crippen LogP contribution in [0.2, 0.25) is 0 Å². The van der Waals surface area contributed by atoms with Crippen molar-refractivity contribution in [1.82, 2.24) is 9.38 Å². The number of fused-ring (bicyclic) bond motifs is 1. The zero-order valence-electron chi connectivity index (χ0n) is 9.80. The summed E-state index contributed by atoms with van der Waals surface area (Å²) in [7, 11) is 0. The highest BCUT2D eigenvalue weighted by molar-refractivity contribution is 5.53. The van der Waals surface area contributed by atoms with Crippen molar-refractivity contribution >= 4 is 11.3 Å². The molecule has 4 nitrogen and oxygen atoms in total. The average molecular weight is 231 g/mol. The van der Waals surface area contributed by atoms with Gasteiger partial charge >= 0.3 is 0 Å². The van der Waals surface area contributed by atoms with E-state index in [0.717, 1.165) is 36.6 Å². The lowest BCUT2D eigenvalue weighted by atomic mass is 10.1. The van der Waals surface area contributed by atoms with E-state index in [1.165, 1.54) is 12.8 Å². The topological polar surface area (TPSA) is 52.5 Å². The third-order valence-corrected chi connectivity index (χ3v) is 3.34. The molecule has 0 saturated carbocycles. The number of hydrogen-bond acceptors (Lipinski definition) is 3. The van der Waals surface area contributed by atoms with Crippen molar-refractivity contribution in [2.45, 2.75) is 31.8 Å². The Balaban J connectivity index is 1.89. The highest BCUT2D eigenvalue weighted by Crippen LogP contribution is 2.19. The largest absolute Gasteiger partial charge is 0.385 e. The van der Waals surface area contributed by atoms with Crippen LogP contribution >= 0.6 is 0 Å². The predicted molar refractivity (Wildman–Crippen MR) is 66.9 cm³/mol. The van der Waals surface area contributed by atoms with Gasteiger partial charge < -0.3 is 10.5 Å². The Morgan fingerprint density at radius 1 is 1.41 bits per heavy atom. The molecule has 2 aromatic heterocycles. The third-order valence-electron chi connectivity index (χ3n) is 3.34. The fraction of sp³-hybridized carbons (Fsp3) is 0.462. The molecular formula is C13H17N3O. The highest BCUT2D eigenvalue weighted by atomic mass is 16.5. The molecule has 3 heterocycles. The van der Waals surface area contributed by atoms with Gasteiger partial charge in [-0.2, -0.15) is 0 Å². The van der Waals surface area contributed by atoms with Crippen LogP contribution in [0.25, 0.3) is 5.52 Å². The first-order valence-electron chi connectivity index (χ1n) is 6.17. The van der Waals surface area contributed by atoms with E-state index in [0.29, 0.717) is 6.10 Å². The van der Waals surface area contributed by atoms with E-state index < -0.39 is 0 Å². The number of pyridine rings is 1. The summed E-state index contributed by atoms with van der Waals surface area (Å²) in [6, 6.07) is 5.88. The first-order valence-corrected chi connectivity index (χ1v) is 6.17. The second kappa shape index (κ2) is 4.37. The molecule has 2 aromatic rings. The SMILES string of the molecule is Nc1cccc2cnc(CC3CCCCO3)n12. The molecule has 3 rings (SSSR count). The maximum atomic E-state index is 5.99. The van der Waals surface area contributed by atoms with Gasteiger partial charge in [0.25, 0.3) is 0 Å². The summed E-state index contributed by atoms with van der Waals surface area (Å²) in [6.45, 7) is 0.878. The molecule has 1 aliphatic rings. The monoisotopic (exact) mass is 231 g/mol. The standard InChI is InChI=1S/C13H17N3O/c14-12-6-3-4-10-9-15-13(16(10)12)8-11-5-1-2-7-17-11/h3-4,6,9,11H,1-2,5,7-8,14H2. The fourth-order valence-corrected chi connectivity index (χ4v) is 2.46. The molecule has 0 aromatic carbocycles. The minimum atomic E-state index is 0.300. The molecule has 1 atom stereocenters. The second-order valence-electron chi connectivity index (χ2n) is 4.58. The van der Waals surface area contributed by atoms with Gasteiger partial charge in [0, 0.05) is 13.0 Å². The zero-order valence-corrected chi connectivity index (χ0v) is 9.80. The summed E-state index contributed by atoms with van der Waals surface area (Å²) in [5.74, 6) is 1.75. The summed E-state index contributed by atoms with van der Waals surface area (Å²) in [5, 5.41) is 0. The number of nitrogens with zero attached hydrogens (tertiary/aromatic N) is 2. The van der Waals surface area contributed by atoms with Crippen LogP contribution in [0.5, 0.6) is 0 Å². The van der Waals surface area contributed by atoms with Crippen LogP contribution in [0, 0.1) is 0 Å². The number of imidazole rings is 1. The Bertz CT molecular complexity index is 514. The average Bonchev–Trinajstić information content (AvgIpc) is 2.75. The maximum absolute atomic E-state index is 5.99. The van der Waals surface area contributed by atoms with Gasteiger partial charge in [-0.3, -0.25) is 4.40 Å². The van der Waals surface area contributed by atoms with Gasteiger partial charge in [0.05, 0.1) is 17.8 Å². The van der Waals surface area contributed by atoms with Gasteiger partial charge in [0.15, 0.2) is 0 Å². The number of ether oxygens (including phenoxy) is 1. The third kappa shape index (κ3) is 2.00. The summed E-state index contributed by atoms with van der Waals surface area (Å²) in [5.41, 5.74) is 7.04. The number of hydrogen-bond donors (Lipinski definition) is 1. The summed E-state index contributed by atoms with van der Waals surface area (Å²) >= 11 is 0. The van der Waals surface area contributed by atoms with Crippen molar-refractivity contribution < 1.29 is 4.74 Å². The van der Waals surface area contributed by atoms with E-state index in [9.17, 15) is 0 Å². The minimum absolute atomic E-state index is 0.300. The zero-order chi connectivity index (χ0) is 11.7. The molecule has 0 bridgehead atoms. The number of nitrogen functional groups attached to an aromatic ring is 1. The van der Waals surface area contributed by atoms with Crippen molar-refractivity contribution in [3.63, 3.8) is 0 Å². The fourth-order valence-electron chi connectivity index (χ4n) is 2.46. The number of anilines is 1. The molecule has 2 N–H and O–H groups in total. The van der Waals surface area contributed by atoms with Gasteiger partial charge in [-0.15, -0.1) is 0 Å². The summed E-state index contributed by atoms with van der Waals surface area (Å²) < 4.78 is 7.76. The van der Waals surface area contributed by atoms with Gasteiger partial charge in [-0.1, -0.05) is 6.07 Å². The van der Waals surface area contributed by atoms with Gasteiger partial charge in [0.2, 0.25) is 0 Å². The van der Waals surface area contributed by atoms with Crippen LogP contribution in [0.15, 0.2) is 24.4 Å². The van der Waals surface area contributed by atoms with Crippen molar-refractivity contribution in [3.05, 3.63) is 30.2 Å². The molecule has 1 saturated heterocycles. The molecule has 90 valence electrons.